The number of anilines is 2. The SMILES string of the molecule is CCS(=O)(=O)N(Cc1ccc(C(=O)CN)cn1)c1ccc(F)c(C)c1.CCS(=O)(=O)N(Cc1ccc(C(=O)OC)cn1)c1ccc(F)c(C)c1. The molecule has 0 fully saturated rings. The van der Waals surface area contributed by atoms with Crippen molar-refractivity contribution in [1.29, 1.82) is 0 Å². The number of ether oxygens (including phenoxy) is 1. The Morgan fingerprint density at radius 2 is 1.14 bits per heavy atom. The number of nitrogens with zero attached hydrogens (tertiary/aromatic N) is 4. The fourth-order valence-corrected chi connectivity index (χ4v) is 6.58. The Hall–Kier alpha value is -4.80. The van der Waals surface area contributed by atoms with E-state index in [0.717, 1.165) is 0 Å². The number of hydrogen-bond donors (Lipinski definition) is 1. The lowest BCUT2D eigenvalue weighted by Crippen LogP contribution is -2.32. The predicted octanol–water partition coefficient (Wildman–Crippen LogP) is 4.70. The molecule has 0 saturated heterocycles. The Balaban J connectivity index is 0.000000270. The lowest BCUT2D eigenvalue weighted by molar-refractivity contribution is 0.0600. The highest BCUT2D eigenvalue weighted by molar-refractivity contribution is 7.93. The van der Waals surface area contributed by atoms with E-state index in [0.29, 0.717) is 39.5 Å². The van der Waals surface area contributed by atoms with Gasteiger partial charge in [0.2, 0.25) is 20.0 Å². The Bertz CT molecular complexity index is 1880. The molecule has 0 amide bonds. The van der Waals surface area contributed by atoms with Crippen molar-refractivity contribution < 1.29 is 39.9 Å². The monoisotopic (exact) mass is 731 g/mol. The molecule has 12 nitrogen and oxygen atoms in total. The van der Waals surface area contributed by atoms with E-state index in [-0.39, 0.29) is 42.5 Å². The Labute approximate surface area is 291 Å². The molecule has 0 saturated carbocycles. The highest BCUT2D eigenvalue weighted by atomic mass is 32.2. The molecule has 4 aromatic rings. The maximum absolute atomic E-state index is 13.5. The normalized spacial score (nSPS) is 11.3. The van der Waals surface area contributed by atoms with Crippen LogP contribution in [0.5, 0.6) is 0 Å². The summed E-state index contributed by atoms with van der Waals surface area (Å²) < 4.78 is 83.8. The van der Waals surface area contributed by atoms with Crippen molar-refractivity contribution in [2.45, 2.75) is 40.8 Å². The Morgan fingerprint density at radius 3 is 1.46 bits per heavy atom. The van der Waals surface area contributed by atoms with Gasteiger partial charge in [0.15, 0.2) is 5.78 Å². The van der Waals surface area contributed by atoms with E-state index in [9.17, 15) is 35.2 Å². The molecule has 4 rings (SSSR count). The number of halogens is 2. The minimum absolute atomic E-state index is 0.0155. The maximum atomic E-state index is 13.5. The molecule has 2 aromatic heterocycles. The van der Waals surface area contributed by atoms with Crippen LogP contribution in [0.3, 0.4) is 0 Å². The summed E-state index contributed by atoms with van der Waals surface area (Å²) in [4.78, 5) is 31.2. The predicted molar refractivity (Wildman–Crippen MR) is 187 cm³/mol. The maximum Gasteiger partial charge on any atom is 0.339 e. The molecule has 0 atom stereocenters. The van der Waals surface area contributed by atoms with Gasteiger partial charge >= 0.3 is 5.97 Å². The highest BCUT2D eigenvalue weighted by Crippen LogP contribution is 2.25. The number of Topliss-reactive ketones (excluding diaryl/α,β-unsaturated/α-hetero) is 1. The summed E-state index contributed by atoms with van der Waals surface area (Å²) in [6.45, 7) is 6.05. The van der Waals surface area contributed by atoms with E-state index >= 15 is 0 Å². The number of aromatic nitrogens is 2. The first-order chi connectivity index (χ1) is 23.6. The smallest absolute Gasteiger partial charge is 0.339 e. The van der Waals surface area contributed by atoms with Crippen molar-refractivity contribution in [3.8, 4) is 0 Å². The van der Waals surface area contributed by atoms with Gasteiger partial charge in [0.05, 0.1) is 66.6 Å². The largest absolute Gasteiger partial charge is 0.465 e. The van der Waals surface area contributed by atoms with Gasteiger partial charge < -0.3 is 10.5 Å². The first kappa shape index (κ1) is 39.6. The average molecular weight is 732 g/mol. The fraction of sp³-hybridized carbons (Fsp3) is 0.294. The van der Waals surface area contributed by atoms with Crippen LogP contribution < -0.4 is 14.3 Å². The molecule has 0 unspecified atom stereocenters. The molecule has 2 N–H and O–H groups in total. The van der Waals surface area contributed by atoms with Gasteiger partial charge in [-0.1, -0.05) is 0 Å². The number of methoxy groups -OCH3 is 1. The van der Waals surface area contributed by atoms with Crippen LogP contribution in [0.1, 0.15) is 57.1 Å². The Morgan fingerprint density at radius 1 is 0.720 bits per heavy atom. The second kappa shape index (κ2) is 17.2. The number of carbonyl (C=O) groups is 2. The van der Waals surface area contributed by atoms with Gasteiger partial charge in [-0.25, -0.2) is 30.4 Å². The van der Waals surface area contributed by atoms with Crippen molar-refractivity contribution in [2.24, 2.45) is 5.73 Å². The zero-order valence-electron chi connectivity index (χ0n) is 28.3. The van der Waals surface area contributed by atoms with Gasteiger partial charge in [-0.2, -0.15) is 0 Å². The molecule has 0 spiro atoms. The zero-order chi connectivity index (χ0) is 37.2. The number of sulfonamides is 2. The van der Waals surface area contributed by atoms with Gasteiger partial charge in [0.25, 0.3) is 0 Å². The van der Waals surface area contributed by atoms with Crippen molar-refractivity contribution in [3.05, 3.63) is 118 Å². The summed E-state index contributed by atoms with van der Waals surface area (Å²) in [5.74, 6) is -1.78. The van der Waals surface area contributed by atoms with Crippen LogP contribution in [-0.4, -0.2) is 63.7 Å². The number of benzene rings is 2. The van der Waals surface area contributed by atoms with Crippen molar-refractivity contribution in [1.82, 2.24) is 9.97 Å². The van der Waals surface area contributed by atoms with E-state index < -0.39 is 37.7 Å². The van der Waals surface area contributed by atoms with Gasteiger partial charge in [-0.15, -0.1) is 0 Å². The molecule has 0 aliphatic carbocycles. The number of nitrogens with two attached hydrogens (primary N) is 1. The summed E-state index contributed by atoms with van der Waals surface area (Å²) in [5.41, 5.74) is 8.29. The highest BCUT2D eigenvalue weighted by Gasteiger charge is 2.24. The molecule has 2 heterocycles. The molecule has 0 aliphatic heterocycles. The minimum Gasteiger partial charge on any atom is -0.465 e. The number of pyridine rings is 2. The van der Waals surface area contributed by atoms with E-state index in [1.807, 2.05) is 0 Å². The van der Waals surface area contributed by atoms with Crippen molar-refractivity contribution in [2.75, 3.05) is 33.8 Å². The lowest BCUT2D eigenvalue weighted by atomic mass is 10.1. The molecule has 50 heavy (non-hydrogen) atoms. The average Bonchev–Trinajstić information content (AvgIpc) is 3.12. The number of aryl methyl sites for hydroxylation is 2. The first-order valence-electron chi connectivity index (χ1n) is 15.3. The molecular weight excluding hydrogens is 693 g/mol. The summed E-state index contributed by atoms with van der Waals surface area (Å²) in [5, 5.41) is 0. The molecule has 0 aliphatic rings. The second-order valence-electron chi connectivity index (χ2n) is 10.9. The van der Waals surface area contributed by atoms with Crippen LogP contribution in [-0.2, 0) is 37.9 Å². The third kappa shape index (κ3) is 10.1. The summed E-state index contributed by atoms with van der Waals surface area (Å²) >= 11 is 0. The van der Waals surface area contributed by atoms with Gasteiger partial charge in [-0.3, -0.25) is 23.4 Å². The molecule has 2 aromatic carbocycles. The number of carbonyl (C=O) groups excluding carboxylic acids is 2. The number of esters is 1. The lowest BCUT2D eigenvalue weighted by Gasteiger charge is -2.24. The minimum atomic E-state index is -3.59. The van der Waals surface area contributed by atoms with E-state index in [1.165, 1.54) is 84.4 Å². The van der Waals surface area contributed by atoms with Crippen LogP contribution >= 0.6 is 0 Å². The van der Waals surface area contributed by atoms with Gasteiger partial charge in [0.1, 0.15) is 11.6 Å². The molecule has 268 valence electrons. The molecular formula is C34H39F2N5O7S2. The zero-order valence-corrected chi connectivity index (χ0v) is 29.9. The first-order valence-corrected chi connectivity index (χ1v) is 18.5. The van der Waals surface area contributed by atoms with E-state index in [1.54, 1.807) is 32.0 Å². The summed E-state index contributed by atoms with van der Waals surface area (Å²) in [6.07, 6.45) is 2.70. The molecule has 0 bridgehead atoms. The van der Waals surface area contributed by atoms with Crippen LogP contribution in [0, 0.1) is 25.5 Å². The third-order valence-electron chi connectivity index (χ3n) is 7.45. The van der Waals surface area contributed by atoms with Gasteiger partial charge in [0, 0.05) is 18.0 Å². The second-order valence-corrected chi connectivity index (χ2v) is 15.2. The van der Waals surface area contributed by atoms with Gasteiger partial charge in [-0.05, 0) is 99.5 Å². The topological polar surface area (TPSA) is 170 Å². The molecule has 16 heteroatoms. The summed E-state index contributed by atoms with van der Waals surface area (Å²) in [6, 6.07) is 14.5. The Kier molecular flexibility index (Phi) is 13.7. The van der Waals surface area contributed by atoms with Crippen molar-refractivity contribution >= 4 is 43.2 Å². The van der Waals surface area contributed by atoms with Crippen LogP contribution in [0.15, 0.2) is 73.1 Å². The van der Waals surface area contributed by atoms with Crippen LogP contribution in [0.25, 0.3) is 0 Å². The van der Waals surface area contributed by atoms with E-state index in [4.69, 9.17) is 5.73 Å². The van der Waals surface area contributed by atoms with Crippen LogP contribution in [0.2, 0.25) is 0 Å². The van der Waals surface area contributed by atoms with E-state index in [2.05, 4.69) is 14.7 Å². The number of rotatable bonds is 13. The third-order valence-corrected chi connectivity index (χ3v) is 10.9. The standard InChI is InChI=1S/C17H20FN3O3S.C17H19FN2O4S/c1-3-25(23,24)21(15-6-7-16(18)12(2)8-15)11-14-5-4-13(10-20-14)17(22)9-19;1-4-25(22,23)20(15-7-8-16(18)12(2)9-15)11-14-6-5-13(10-19-14)17(21)24-3/h4-8,10H,3,9,11,19H2,1-2H3;5-10H,4,11H2,1-3H3. The number of ketones is 1. The van der Waals surface area contributed by atoms with Crippen molar-refractivity contribution in [3.63, 3.8) is 0 Å². The fourth-order valence-electron chi connectivity index (χ4n) is 4.43. The number of hydrogen-bond acceptors (Lipinski definition) is 10. The van der Waals surface area contributed by atoms with Crippen LogP contribution in [0.4, 0.5) is 20.2 Å². The summed E-state index contributed by atoms with van der Waals surface area (Å²) in [7, 11) is -5.91. The molecule has 0 radical (unpaired) electrons. The quantitative estimate of drug-likeness (QED) is 0.150.